The zero-order valence-electron chi connectivity index (χ0n) is 17.2. The van der Waals surface area contributed by atoms with Gasteiger partial charge in [-0.1, -0.05) is 42.5 Å². The van der Waals surface area contributed by atoms with E-state index in [0.29, 0.717) is 5.56 Å². The molecule has 0 saturated heterocycles. The van der Waals surface area contributed by atoms with Crippen LogP contribution in [0.1, 0.15) is 27.9 Å². The van der Waals surface area contributed by atoms with Gasteiger partial charge in [0, 0.05) is 13.0 Å². The van der Waals surface area contributed by atoms with Gasteiger partial charge in [-0.3, -0.25) is 9.59 Å². The van der Waals surface area contributed by atoms with E-state index in [2.05, 4.69) is 10.6 Å². The number of primary amides is 1. The number of aliphatic hydroxyl groups is 1. The van der Waals surface area contributed by atoms with Gasteiger partial charge in [0.1, 0.15) is 12.6 Å². The predicted molar refractivity (Wildman–Crippen MR) is 113 cm³/mol. The van der Waals surface area contributed by atoms with Crippen LogP contribution in [0.5, 0.6) is 0 Å². The summed E-state index contributed by atoms with van der Waals surface area (Å²) in [6, 6.07) is 13.8. The molecule has 0 aliphatic heterocycles. The Balaban J connectivity index is 1.76. The van der Waals surface area contributed by atoms with Crippen molar-refractivity contribution >= 4 is 23.9 Å². The lowest BCUT2D eigenvalue weighted by Crippen LogP contribution is -2.47. The molecule has 0 spiro atoms. The Bertz CT molecular complexity index is 932. The maximum Gasteiger partial charge on any atom is 0.407 e. The number of amides is 3. The predicted octanol–water partition coefficient (Wildman–Crippen LogP) is 0.575. The third-order valence-corrected chi connectivity index (χ3v) is 4.44. The molecule has 0 radical (unpaired) electrons. The third-order valence-electron chi connectivity index (χ3n) is 4.44. The van der Waals surface area contributed by atoms with Gasteiger partial charge < -0.3 is 31.3 Å². The van der Waals surface area contributed by atoms with Crippen LogP contribution in [-0.4, -0.2) is 52.8 Å². The summed E-state index contributed by atoms with van der Waals surface area (Å²) in [5.74, 6) is -2.50. The lowest BCUT2D eigenvalue weighted by atomic mass is 10.0. The minimum atomic E-state index is -1.21. The van der Waals surface area contributed by atoms with Crippen LogP contribution in [0.4, 0.5) is 4.79 Å². The van der Waals surface area contributed by atoms with Gasteiger partial charge in [-0.2, -0.15) is 0 Å². The van der Waals surface area contributed by atoms with Crippen LogP contribution >= 0.6 is 0 Å². The maximum atomic E-state index is 12.2. The smallest absolute Gasteiger partial charge is 0.407 e. The highest BCUT2D eigenvalue weighted by Gasteiger charge is 2.21. The topological polar surface area (TPSA) is 168 Å². The monoisotopic (exact) mass is 443 g/mol. The van der Waals surface area contributed by atoms with Crippen LogP contribution in [0.3, 0.4) is 0 Å². The number of carboxylic acid groups (broad SMARTS) is 1. The Kier molecular flexibility index (Phi) is 9.18. The lowest BCUT2D eigenvalue weighted by Gasteiger charge is -2.17. The van der Waals surface area contributed by atoms with E-state index in [4.69, 9.17) is 15.6 Å². The second-order valence-corrected chi connectivity index (χ2v) is 7.03. The number of hydrogen-bond donors (Lipinski definition) is 5. The Morgan fingerprint density at radius 2 is 1.62 bits per heavy atom. The van der Waals surface area contributed by atoms with Crippen molar-refractivity contribution < 1.29 is 34.1 Å². The van der Waals surface area contributed by atoms with Crippen LogP contribution in [-0.2, 0) is 27.4 Å². The molecule has 0 aromatic heterocycles. The number of nitrogens with one attached hydrogen (secondary N) is 2. The normalized spacial score (nSPS) is 12.3. The molecule has 2 rings (SSSR count). The summed E-state index contributed by atoms with van der Waals surface area (Å²) in [4.78, 5) is 46.4. The second kappa shape index (κ2) is 12.1. The van der Waals surface area contributed by atoms with E-state index >= 15 is 0 Å². The zero-order valence-corrected chi connectivity index (χ0v) is 17.2. The minimum Gasteiger partial charge on any atom is -0.478 e. The van der Waals surface area contributed by atoms with Crippen molar-refractivity contribution in [3.63, 3.8) is 0 Å². The first-order chi connectivity index (χ1) is 15.2. The van der Waals surface area contributed by atoms with Crippen molar-refractivity contribution in [1.82, 2.24) is 10.6 Å². The molecule has 3 amide bonds. The number of aliphatic hydroxyl groups excluding tert-OH is 1. The molecule has 2 aromatic carbocycles. The summed E-state index contributed by atoms with van der Waals surface area (Å²) in [6.07, 6.45) is -2.27. The summed E-state index contributed by atoms with van der Waals surface area (Å²) in [7, 11) is 0. The molecule has 0 aliphatic rings. The van der Waals surface area contributed by atoms with Crippen molar-refractivity contribution in [3.8, 4) is 0 Å². The molecule has 6 N–H and O–H groups in total. The molecule has 2 atom stereocenters. The molecule has 0 heterocycles. The van der Waals surface area contributed by atoms with Gasteiger partial charge in [-0.05, 0) is 23.3 Å². The molecule has 0 bridgehead atoms. The number of hydrogen-bond acceptors (Lipinski definition) is 6. The van der Waals surface area contributed by atoms with Crippen molar-refractivity contribution in [3.05, 3.63) is 71.3 Å². The van der Waals surface area contributed by atoms with E-state index in [9.17, 15) is 24.3 Å². The maximum absolute atomic E-state index is 12.2. The molecule has 0 fully saturated rings. The zero-order chi connectivity index (χ0) is 23.5. The van der Waals surface area contributed by atoms with Crippen LogP contribution < -0.4 is 16.4 Å². The molecule has 0 unspecified atom stereocenters. The van der Waals surface area contributed by atoms with Crippen molar-refractivity contribution in [2.24, 2.45) is 5.73 Å². The Hall–Kier alpha value is -3.92. The second-order valence-electron chi connectivity index (χ2n) is 7.03. The number of benzene rings is 2. The molecular weight excluding hydrogens is 418 g/mol. The van der Waals surface area contributed by atoms with Gasteiger partial charge >= 0.3 is 12.1 Å². The number of rotatable bonds is 11. The molecule has 0 aliphatic carbocycles. The van der Waals surface area contributed by atoms with Gasteiger partial charge in [-0.15, -0.1) is 0 Å². The highest BCUT2D eigenvalue weighted by atomic mass is 16.5. The van der Waals surface area contributed by atoms with Gasteiger partial charge in [0.2, 0.25) is 11.8 Å². The SMILES string of the molecule is NC(=O)[C@H](Cc1ccc(C(=O)O)cc1)NC(=O)C[C@@H](O)CNC(=O)OCc1ccccc1. The van der Waals surface area contributed by atoms with Crippen LogP contribution in [0, 0.1) is 0 Å². The van der Waals surface area contributed by atoms with Crippen LogP contribution in [0.2, 0.25) is 0 Å². The lowest BCUT2D eigenvalue weighted by molar-refractivity contribution is -0.128. The fraction of sp³-hybridized carbons (Fsp3) is 0.273. The average Bonchev–Trinajstić information content (AvgIpc) is 2.76. The average molecular weight is 443 g/mol. The molecular formula is C22H25N3O7. The van der Waals surface area contributed by atoms with Crippen molar-refractivity contribution in [2.75, 3.05) is 6.54 Å². The molecule has 0 saturated carbocycles. The van der Waals surface area contributed by atoms with Crippen molar-refractivity contribution in [2.45, 2.75) is 31.6 Å². The van der Waals surface area contributed by atoms with E-state index in [1.807, 2.05) is 18.2 Å². The standard InChI is InChI=1S/C22H25N3O7/c23-20(28)18(10-14-6-8-16(9-7-14)21(29)30)25-19(27)11-17(26)12-24-22(31)32-13-15-4-2-1-3-5-15/h1-9,17-18,26H,10-13H2,(H2,23,28)(H,24,31)(H,25,27)(H,29,30)/t17-,18+/m1/s1. The summed E-state index contributed by atoms with van der Waals surface area (Å²) < 4.78 is 5.01. The van der Waals surface area contributed by atoms with E-state index in [0.717, 1.165) is 5.56 Å². The van der Waals surface area contributed by atoms with Gasteiger partial charge in [-0.25, -0.2) is 9.59 Å². The van der Waals surface area contributed by atoms with Crippen molar-refractivity contribution in [1.29, 1.82) is 0 Å². The Morgan fingerprint density at radius 1 is 0.969 bits per heavy atom. The largest absolute Gasteiger partial charge is 0.478 e. The highest BCUT2D eigenvalue weighted by Crippen LogP contribution is 2.08. The number of carbonyl (C=O) groups excluding carboxylic acids is 3. The first-order valence-electron chi connectivity index (χ1n) is 9.78. The van der Waals surface area contributed by atoms with E-state index in [-0.39, 0.29) is 31.6 Å². The number of alkyl carbamates (subject to hydrolysis) is 1. The molecule has 2 aromatic rings. The summed E-state index contributed by atoms with van der Waals surface area (Å²) >= 11 is 0. The summed E-state index contributed by atoms with van der Waals surface area (Å²) in [5, 5.41) is 23.7. The van der Waals surface area contributed by atoms with Gasteiger partial charge in [0.25, 0.3) is 0 Å². The quantitative estimate of drug-likeness (QED) is 0.338. The molecule has 170 valence electrons. The van der Waals surface area contributed by atoms with E-state index in [1.54, 1.807) is 12.1 Å². The number of carboxylic acids is 1. The first-order valence-corrected chi connectivity index (χ1v) is 9.78. The number of ether oxygens (including phenoxy) is 1. The Labute approximate surface area is 184 Å². The fourth-order valence-corrected chi connectivity index (χ4v) is 2.76. The number of carbonyl (C=O) groups is 4. The molecule has 32 heavy (non-hydrogen) atoms. The van der Waals surface area contributed by atoms with E-state index in [1.165, 1.54) is 24.3 Å². The van der Waals surface area contributed by atoms with Crippen LogP contribution in [0.25, 0.3) is 0 Å². The van der Waals surface area contributed by atoms with Crippen LogP contribution in [0.15, 0.2) is 54.6 Å². The van der Waals surface area contributed by atoms with E-state index < -0.39 is 36.0 Å². The van der Waals surface area contributed by atoms with Gasteiger partial charge in [0.15, 0.2) is 0 Å². The highest BCUT2D eigenvalue weighted by molar-refractivity contribution is 5.88. The third kappa shape index (κ3) is 8.44. The summed E-state index contributed by atoms with van der Waals surface area (Å²) in [5.41, 5.74) is 6.83. The van der Waals surface area contributed by atoms with Gasteiger partial charge in [0.05, 0.1) is 18.1 Å². The minimum absolute atomic E-state index is 0.0567. The number of nitrogens with two attached hydrogens (primary N) is 1. The fourth-order valence-electron chi connectivity index (χ4n) is 2.76. The first kappa shape index (κ1) is 24.4. The molecule has 10 nitrogen and oxygen atoms in total. The summed E-state index contributed by atoms with van der Waals surface area (Å²) in [6.45, 7) is -0.157. The number of aromatic carboxylic acids is 1. The Morgan fingerprint density at radius 3 is 2.22 bits per heavy atom. The molecule has 10 heteroatoms.